The molecule has 1 aromatic rings. The molecule has 60 valence electrons. The van der Waals surface area contributed by atoms with Gasteiger partial charge in [0.05, 0.1) is 4.83 Å². The molecular formula is C7H8Br2N2. The third-order valence-electron chi connectivity index (χ3n) is 1.32. The minimum atomic E-state index is 0.211. The average molecular weight is 280 g/mol. The predicted molar refractivity (Wildman–Crippen MR) is 52.7 cm³/mol. The Balaban J connectivity index is 2.81. The number of pyridine rings is 1. The van der Waals surface area contributed by atoms with Gasteiger partial charge >= 0.3 is 0 Å². The van der Waals surface area contributed by atoms with Crippen molar-refractivity contribution in [2.24, 2.45) is 5.73 Å². The quantitative estimate of drug-likeness (QED) is 0.666. The summed E-state index contributed by atoms with van der Waals surface area (Å²) in [4.78, 5) is 4.29. The van der Waals surface area contributed by atoms with Gasteiger partial charge in [-0.05, 0) is 27.6 Å². The average Bonchev–Trinajstić information content (AvgIpc) is 2.05. The zero-order valence-corrected chi connectivity index (χ0v) is 8.97. The summed E-state index contributed by atoms with van der Waals surface area (Å²) in [6.07, 6.45) is 1.80. The van der Waals surface area contributed by atoms with Crippen LogP contribution in [0.3, 0.4) is 0 Å². The lowest BCUT2D eigenvalue weighted by molar-refractivity contribution is 0.946. The van der Waals surface area contributed by atoms with Crippen LogP contribution in [-0.2, 0) is 0 Å². The van der Waals surface area contributed by atoms with Crippen LogP contribution in [-0.4, -0.2) is 11.5 Å². The Bertz CT molecular complexity index is 222. The molecule has 2 nitrogen and oxygen atoms in total. The van der Waals surface area contributed by atoms with Crippen molar-refractivity contribution in [1.29, 1.82) is 0 Å². The van der Waals surface area contributed by atoms with Crippen molar-refractivity contribution in [2.45, 2.75) is 4.83 Å². The van der Waals surface area contributed by atoms with Crippen LogP contribution in [0.1, 0.15) is 10.4 Å². The molecule has 0 saturated carbocycles. The highest BCUT2D eigenvalue weighted by molar-refractivity contribution is 9.10. The van der Waals surface area contributed by atoms with Gasteiger partial charge in [-0.2, -0.15) is 0 Å². The van der Waals surface area contributed by atoms with E-state index in [1.807, 2.05) is 12.1 Å². The summed E-state index contributed by atoms with van der Waals surface area (Å²) in [5, 5.41) is 0. The van der Waals surface area contributed by atoms with E-state index in [1.54, 1.807) is 6.20 Å². The standard InChI is InChI=1S/C7H8Br2N2/c8-6(3-10)5-1-2-7(9)11-4-5/h1-2,4,6H,3,10H2. The molecule has 1 rings (SSSR count). The number of aromatic nitrogens is 1. The van der Waals surface area contributed by atoms with Gasteiger partial charge in [-0.3, -0.25) is 0 Å². The van der Waals surface area contributed by atoms with Gasteiger partial charge in [0, 0.05) is 12.7 Å². The van der Waals surface area contributed by atoms with Crippen molar-refractivity contribution in [1.82, 2.24) is 4.98 Å². The molecule has 0 bridgehead atoms. The topological polar surface area (TPSA) is 38.9 Å². The summed E-state index contributed by atoms with van der Waals surface area (Å²) in [6.45, 7) is 0.587. The van der Waals surface area contributed by atoms with E-state index in [4.69, 9.17) is 5.73 Å². The van der Waals surface area contributed by atoms with Crippen LogP contribution in [0, 0.1) is 0 Å². The molecule has 0 radical (unpaired) electrons. The molecule has 0 aliphatic carbocycles. The molecule has 11 heavy (non-hydrogen) atoms. The Morgan fingerprint density at radius 1 is 1.55 bits per heavy atom. The molecule has 0 amide bonds. The Morgan fingerprint density at radius 3 is 2.73 bits per heavy atom. The summed E-state index contributed by atoms with van der Waals surface area (Å²) in [5.74, 6) is 0. The summed E-state index contributed by atoms with van der Waals surface area (Å²) in [5.41, 5.74) is 6.56. The minimum absolute atomic E-state index is 0.211. The Kier molecular flexibility index (Phi) is 3.48. The van der Waals surface area contributed by atoms with Crippen molar-refractivity contribution in [3.63, 3.8) is 0 Å². The van der Waals surface area contributed by atoms with Gasteiger partial charge in [-0.25, -0.2) is 4.98 Å². The fraction of sp³-hybridized carbons (Fsp3) is 0.286. The third kappa shape index (κ3) is 2.54. The number of rotatable bonds is 2. The largest absolute Gasteiger partial charge is 0.329 e. The van der Waals surface area contributed by atoms with Crippen molar-refractivity contribution in [3.8, 4) is 0 Å². The second-order valence-corrected chi connectivity index (χ2v) is 4.04. The highest BCUT2D eigenvalue weighted by Crippen LogP contribution is 2.20. The molecule has 4 heteroatoms. The summed E-state index contributed by atoms with van der Waals surface area (Å²) in [7, 11) is 0. The molecular weight excluding hydrogens is 272 g/mol. The first kappa shape index (κ1) is 9.16. The van der Waals surface area contributed by atoms with Gasteiger partial charge in [0.25, 0.3) is 0 Å². The molecule has 0 saturated heterocycles. The Morgan fingerprint density at radius 2 is 2.27 bits per heavy atom. The normalized spacial score (nSPS) is 13.0. The van der Waals surface area contributed by atoms with Gasteiger partial charge in [-0.15, -0.1) is 0 Å². The lowest BCUT2D eigenvalue weighted by atomic mass is 10.2. The zero-order valence-electron chi connectivity index (χ0n) is 5.80. The lowest BCUT2D eigenvalue weighted by Gasteiger charge is -2.04. The first-order valence-electron chi connectivity index (χ1n) is 3.19. The van der Waals surface area contributed by atoms with Crippen molar-refractivity contribution in [2.75, 3.05) is 6.54 Å². The van der Waals surface area contributed by atoms with Crippen LogP contribution in [0.5, 0.6) is 0 Å². The maximum atomic E-state index is 5.46. The minimum Gasteiger partial charge on any atom is -0.329 e. The van der Waals surface area contributed by atoms with Crippen LogP contribution >= 0.6 is 31.9 Å². The van der Waals surface area contributed by atoms with E-state index in [0.717, 1.165) is 10.2 Å². The van der Waals surface area contributed by atoms with Gasteiger partial charge in [0.2, 0.25) is 0 Å². The SMILES string of the molecule is NCC(Br)c1ccc(Br)nc1. The molecule has 1 aromatic heterocycles. The van der Waals surface area contributed by atoms with E-state index >= 15 is 0 Å². The van der Waals surface area contributed by atoms with E-state index in [1.165, 1.54) is 0 Å². The van der Waals surface area contributed by atoms with E-state index in [9.17, 15) is 0 Å². The summed E-state index contributed by atoms with van der Waals surface area (Å²) < 4.78 is 0.845. The van der Waals surface area contributed by atoms with E-state index in [-0.39, 0.29) is 4.83 Å². The second kappa shape index (κ2) is 4.18. The highest BCUT2D eigenvalue weighted by Gasteiger charge is 2.03. The van der Waals surface area contributed by atoms with Crippen molar-refractivity contribution < 1.29 is 0 Å². The first-order valence-corrected chi connectivity index (χ1v) is 4.90. The highest BCUT2D eigenvalue weighted by atomic mass is 79.9. The molecule has 0 aliphatic rings. The predicted octanol–water partition coefficient (Wildman–Crippen LogP) is 2.24. The number of alkyl halides is 1. The molecule has 0 spiro atoms. The van der Waals surface area contributed by atoms with E-state index < -0.39 is 0 Å². The summed E-state index contributed by atoms with van der Waals surface area (Å²) >= 11 is 6.69. The maximum Gasteiger partial charge on any atom is 0.106 e. The van der Waals surface area contributed by atoms with E-state index in [2.05, 4.69) is 36.8 Å². The van der Waals surface area contributed by atoms with Crippen LogP contribution in [0.25, 0.3) is 0 Å². The summed E-state index contributed by atoms with van der Waals surface area (Å²) in [6, 6.07) is 3.89. The second-order valence-electron chi connectivity index (χ2n) is 2.12. The fourth-order valence-corrected chi connectivity index (χ4v) is 1.21. The Hall–Kier alpha value is 0.0700. The van der Waals surface area contributed by atoms with Crippen LogP contribution in [0.15, 0.2) is 22.9 Å². The number of nitrogens with two attached hydrogens (primary N) is 1. The van der Waals surface area contributed by atoms with Crippen molar-refractivity contribution >= 4 is 31.9 Å². The van der Waals surface area contributed by atoms with Gasteiger partial charge in [0.1, 0.15) is 4.60 Å². The molecule has 1 atom stereocenters. The van der Waals surface area contributed by atoms with Gasteiger partial charge < -0.3 is 5.73 Å². The van der Waals surface area contributed by atoms with Gasteiger partial charge in [-0.1, -0.05) is 22.0 Å². The van der Waals surface area contributed by atoms with Gasteiger partial charge in [0.15, 0.2) is 0 Å². The molecule has 0 fully saturated rings. The maximum absolute atomic E-state index is 5.46. The van der Waals surface area contributed by atoms with Crippen LogP contribution < -0.4 is 5.73 Å². The van der Waals surface area contributed by atoms with E-state index in [0.29, 0.717) is 6.54 Å². The smallest absolute Gasteiger partial charge is 0.106 e. The molecule has 1 unspecified atom stereocenters. The zero-order chi connectivity index (χ0) is 8.27. The first-order chi connectivity index (χ1) is 5.24. The number of halogens is 2. The van der Waals surface area contributed by atoms with Crippen molar-refractivity contribution in [3.05, 3.63) is 28.5 Å². The third-order valence-corrected chi connectivity index (χ3v) is 2.69. The van der Waals surface area contributed by atoms with Crippen LogP contribution in [0.4, 0.5) is 0 Å². The lowest BCUT2D eigenvalue weighted by Crippen LogP contribution is -2.06. The number of nitrogens with zero attached hydrogens (tertiary/aromatic N) is 1. The molecule has 0 aromatic carbocycles. The number of hydrogen-bond acceptors (Lipinski definition) is 2. The fourth-order valence-electron chi connectivity index (χ4n) is 0.709. The Labute approximate surface area is 82.5 Å². The van der Waals surface area contributed by atoms with Crippen LogP contribution in [0.2, 0.25) is 0 Å². The molecule has 2 N–H and O–H groups in total. The monoisotopic (exact) mass is 278 g/mol. The molecule has 1 heterocycles. The number of hydrogen-bond donors (Lipinski definition) is 1. The molecule has 0 aliphatic heterocycles.